The summed E-state index contributed by atoms with van der Waals surface area (Å²) in [6.07, 6.45) is 12.1. The zero-order chi connectivity index (χ0) is 21.3. The summed E-state index contributed by atoms with van der Waals surface area (Å²) in [5.41, 5.74) is 1.03. The molecule has 0 unspecified atom stereocenters. The zero-order valence-corrected chi connectivity index (χ0v) is 19.2. The normalized spacial score (nSPS) is 48.0. The van der Waals surface area contributed by atoms with Gasteiger partial charge >= 0.3 is 0 Å². The summed E-state index contributed by atoms with van der Waals surface area (Å²) in [4.78, 5) is 13.3. The van der Waals surface area contributed by atoms with Gasteiger partial charge in [0.1, 0.15) is 6.54 Å². The fourth-order valence-corrected chi connectivity index (χ4v) is 8.68. The number of fused-ring (bicyclic) bond motifs is 5. The van der Waals surface area contributed by atoms with E-state index in [1.165, 1.54) is 38.5 Å². The van der Waals surface area contributed by atoms with Crippen molar-refractivity contribution in [3.8, 4) is 0 Å². The lowest BCUT2D eigenvalue weighted by Crippen LogP contribution is -2.55. The van der Waals surface area contributed by atoms with Gasteiger partial charge in [-0.15, -0.1) is 5.10 Å². The molecule has 0 saturated heterocycles. The Morgan fingerprint density at radius 1 is 1.07 bits per heavy atom. The number of ketones is 1. The van der Waals surface area contributed by atoms with Gasteiger partial charge in [-0.1, -0.05) is 19.1 Å². The molecule has 1 N–H and O–H groups in total. The van der Waals surface area contributed by atoms with Gasteiger partial charge in [0.25, 0.3) is 0 Å². The van der Waals surface area contributed by atoms with E-state index in [4.69, 9.17) is 0 Å². The molecule has 4 fully saturated rings. The van der Waals surface area contributed by atoms with Gasteiger partial charge in [-0.2, -0.15) is 0 Å². The Morgan fingerprint density at radius 3 is 2.57 bits per heavy atom. The topological polar surface area (TPSA) is 68.0 Å². The first-order valence-corrected chi connectivity index (χ1v) is 12.2. The minimum atomic E-state index is -0.468. The summed E-state index contributed by atoms with van der Waals surface area (Å²) < 4.78 is 1.77. The molecule has 0 aromatic carbocycles. The molecule has 1 heterocycles. The van der Waals surface area contributed by atoms with Crippen molar-refractivity contribution in [2.24, 2.45) is 40.4 Å². The second-order valence-electron chi connectivity index (χ2n) is 12.0. The number of hydrogen-bond acceptors (Lipinski definition) is 4. The van der Waals surface area contributed by atoms with E-state index in [1.807, 2.05) is 13.8 Å². The second-order valence-corrected chi connectivity index (χ2v) is 12.0. The predicted molar refractivity (Wildman–Crippen MR) is 116 cm³/mol. The van der Waals surface area contributed by atoms with Crippen molar-refractivity contribution in [1.82, 2.24) is 15.0 Å². The molecule has 166 valence electrons. The number of aromatic nitrogens is 3. The molecule has 4 saturated carbocycles. The highest BCUT2D eigenvalue weighted by atomic mass is 16.3. The molecule has 4 aliphatic carbocycles. The molecule has 1 aromatic heterocycles. The van der Waals surface area contributed by atoms with Crippen LogP contribution in [0.3, 0.4) is 0 Å². The van der Waals surface area contributed by atoms with Gasteiger partial charge in [-0.05, 0) is 106 Å². The number of aliphatic hydroxyl groups is 1. The lowest BCUT2D eigenvalue weighted by Gasteiger charge is -2.61. The van der Waals surface area contributed by atoms with Crippen molar-refractivity contribution in [2.45, 2.75) is 97.6 Å². The summed E-state index contributed by atoms with van der Waals surface area (Å²) in [6.45, 7) is 9.36. The molecule has 8 atom stereocenters. The second kappa shape index (κ2) is 6.88. The lowest BCUT2D eigenvalue weighted by molar-refractivity contribution is -0.151. The molecule has 5 heteroatoms. The number of nitrogens with zero attached hydrogens (tertiary/aromatic N) is 3. The van der Waals surface area contributed by atoms with E-state index in [0.717, 1.165) is 36.8 Å². The van der Waals surface area contributed by atoms with Gasteiger partial charge in [-0.3, -0.25) is 4.79 Å². The van der Waals surface area contributed by atoms with Crippen molar-refractivity contribution in [2.75, 3.05) is 0 Å². The van der Waals surface area contributed by atoms with Gasteiger partial charge < -0.3 is 5.11 Å². The summed E-state index contributed by atoms with van der Waals surface area (Å²) in [6, 6.07) is 0. The third kappa shape index (κ3) is 3.02. The van der Waals surface area contributed by atoms with Crippen LogP contribution < -0.4 is 0 Å². The summed E-state index contributed by atoms with van der Waals surface area (Å²) >= 11 is 0. The van der Waals surface area contributed by atoms with E-state index in [9.17, 15) is 9.90 Å². The number of carbonyl (C=O) groups excluding carboxylic acids is 1. The van der Waals surface area contributed by atoms with Crippen LogP contribution in [0.5, 0.6) is 0 Å². The monoisotopic (exact) mass is 413 g/mol. The molecule has 30 heavy (non-hydrogen) atoms. The molecule has 0 aliphatic heterocycles. The van der Waals surface area contributed by atoms with E-state index in [-0.39, 0.29) is 11.3 Å². The first-order valence-electron chi connectivity index (χ1n) is 12.2. The molecule has 0 bridgehead atoms. The number of Topliss-reactive ketones (excluding diaryl/α,β-unsaturated/α-hetero) is 1. The van der Waals surface area contributed by atoms with E-state index >= 15 is 0 Å². The SMILES string of the molecule is Cc1cnnn1CC(=O)[C@H]1CC[C@H]2[C@@H]3CC[C@H]4C[C@](C)(O)CC[C@]4(C)[C@H]3CC[C@]12C. The fourth-order valence-electron chi connectivity index (χ4n) is 8.68. The molecule has 4 aliphatic rings. The first kappa shape index (κ1) is 20.7. The molecule has 5 rings (SSSR count). The Balaban J connectivity index is 1.35. The molecule has 0 amide bonds. The molecule has 0 radical (unpaired) electrons. The van der Waals surface area contributed by atoms with E-state index in [0.29, 0.717) is 29.6 Å². The number of hydrogen-bond donors (Lipinski definition) is 1. The molecule has 0 spiro atoms. The minimum Gasteiger partial charge on any atom is -0.390 e. The van der Waals surface area contributed by atoms with Gasteiger partial charge in [0.15, 0.2) is 5.78 Å². The standard InChI is InChI=1S/C25H39N3O2/c1-16-14-26-27-28(16)15-22(29)21-8-7-19-18-6-5-17-13-23(2,30)11-12-24(17,3)20(18)9-10-25(19,21)4/h14,17-21,30H,5-13,15H2,1-4H3/t17-,18-,19-,20-,21+,23+,24-,25-/m0/s1. The van der Waals surface area contributed by atoms with Crippen molar-refractivity contribution in [3.63, 3.8) is 0 Å². The average Bonchev–Trinajstić information content (AvgIpc) is 3.24. The highest BCUT2D eigenvalue weighted by molar-refractivity contribution is 5.82. The molecule has 5 nitrogen and oxygen atoms in total. The molecular weight excluding hydrogens is 374 g/mol. The van der Waals surface area contributed by atoms with Crippen molar-refractivity contribution in [1.29, 1.82) is 0 Å². The Morgan fingerprint density at radius 2 is 1.83 bits per heavy atom. The van der Waals surface area contributed by atoms with E-state index in [1.54, 1.807) is 10.9 Å². The van der Waals surface area contributed by atoms with Gasteiger partial charge in [0, 0.05) is 5.92 Å². The van der Waals surface area contributed by atoms with Crippen LogP contribution in [0.15, 0.2) is 6.20 Å². The first-order chi connectivity index (χ1) is 14.1. The number of aryl methyl sites for hydroxylation is 1. The van der Waals surface area contributed by atoms with Crippen LogP contribution in [0.1, 0.15) is 84.3 Å². The zero-order valence-electron chi connectivity index (χ0n) is 19.2. The van der Waals surface area contributed by atoms with Gasteiger partial charge in [0.2, 0.25) is 0 Å². The molecule has 1 aromatic rings. The average molecular weight is 414 g/mol. The van der Waals surface area contributed by atoms with Crippen LogP contribution in [0.25, 0.3) is 0 Å². The van der Waals surface area contributed by atoms with Crippen LogP contribution in [0.4, 0.5) is 0 Å². The third-order valence-electron chi connectivity index (χ3n) is 10.5. The van der Waals surface area contributed by atoms with E-state index in [2.05, 4.69) is 24.2 Å². The Hall–Kier alpha value is -1.23. The van der Waals surface area contributed by atoms with Crippen LogP contribution in [-0.4, -0.2) is 31.5 Å². The Labute approximate surface area is 181 Å². The van der Waals surface area contributed by atoms with Crippen molar-refractivity contribution < 1.29 is 9.90 Å². The van der Waals surface area contributed by atoms with Crippen LogP contribution in [0.2, 0.25) is 0 Å². The smallest absolute Gasteiger partial charge is 0.157 e. The minimum absolute atomic E-state index is 0.149. The highest BCUT2D eigenvalue weighted by Gasteiger charge is 2.61. The lowest BCUT2D eigenvalue weighted by atomic mass is 9.44. The summed E-state index contributed by atoms with van der Waals surface area (Å²) in [5.74, 6) is 3.42. The predicted octanol–water partition coefficient (Wildman–Crippen LogP) is 4.57. The largest absolute Gasteiger partial charge is 0.390 e. The summed E-state index contributed by atoms with van der Waals surface area (Å²) in [7, 11) is 0. The maximum atomic E-state index is 13.3. The fraction of sp³-hybridized carbons (Fsp3) is 0.880. The van der Waals surface area contributed by atoms with Crippen molar-refractivity contribution in [3.05, 3.63) is 11.9 Å². The molecular formula is C25H39N3O2. The quantitative estimate of drug-likeness (QED) is 0.788. The Bertz CT molecular complexity index is 832. The number of rotatable bonds is 3. The maximum Gasteiger partial charge on any atom is 0.157 e. The van der Waals surface area contributed by atoms with Gasteiger partial charge in [0.05, 0.1) is 17.5 Å². The Kier molecular flexibility index (Phi) is 4.74. The van der Waals surface area contributed by atoms with Gasteiger partial charge in [-0.25, -0.2) is 4.68 Å². The number of carbonyl (C=O) groups is 1. The van der Waals surface area contributed by atoms with Crippen LogP contribution >= 0.6 is 0 Å². The highest BCUT2D eigenvalue weighted by Crippen LogP contribution is 2.68. The summed E-state index contributed by atoms with van der Waals surface area (Å²) in [5, 5.41) is 18.8. The maximum absolute atomic E-state index is 13.3. The van der Waals surface area contributed by atoms with Crippen LogP contribution in [-0.2, 0) is 11.3 Å². The van der Waals surface area contributed by atoms with Crippen LogP contribution in [0, 0.1) is 47.3 Å². The third-order valence-corrected chi connectivity index (χ3v) is 10.5. The van der Waals surface area contributed by atoms with Crippen molar-refractivity contribution >= 4 is 5.78 Å². The van der Waals surface area contributed by atoms with E-state index < -0.39 is 5.60 Å².